The van der Waals surface area contributed by atoms with E-state index < -0.39 is 11.6 Å². The summed E-state index contributed by atoms with van der Waals surface area (Å²) in [6.07, 6.45) is 3.46. The van der Waals surface area contributed by atoms with E-state index in [1.807, 2.05) is 30.3 Å². The van der Waals surface area contributed by atoms with Crippen LogP contribution in [0.25, 0.3) is 0 Å². The maximum Gasteiger partial charge on any atom is 0.335 e. The predicted octanol–water partition coefficient (Wildman–Crippen LogP) is 2.14. The van der Waals surface area contributed by atoms with Crippen LogP contribution in [0.2, 0.25) is 0 Å². The molecule has 0 N–H and O–H groups in total. The first-order chi connectivity index (χ1) is 8.63. The number of ether oxygens (including phenoxy) is 1. The summed E-state index contributed by atoms with van der Waals surface area (Å²) in [4.78, 5) is 23.3. The van der Waals surface area contributed by atoms with Gasteiger partial charge in [-0.1, -0.05) is 36.9 Å². The van der Waals surface area contributed by atoms with Crippen molar-refractivity contribution in [3.05, 3.63) is 60.2 Å². The largest absolute Gasteiger partial charge is 0.446 e. The highest BCUT2D eigenvalue weighted by Gasteiger charge is 2.53. The molecule has 1 aliphatic carbocycles. The zero-order valence-corrected chi connectivity index (χ0v) is 9.76. The van der Waals surface area contributed by atoms with E-state index in [4.69, 9.17) is 4.74 Å². The fraction of sp³-hybridized carbons (Fsp3) is 0.200. The molecule has 90 valence electrons. The molecule has 3 rings (SSSR count). The normalized spacial score (nSPS) is 30.2. The van der Waals surface area contributed by atoms with Crippen LogP contribution in [0.5, 0.6) is 0 Å². The van der Waals surface area contributed by atoms with Gasteiger partial charge in [-0.15, -0.1) is 0 Å². The predicted molar refractivity (Wildman–Crippen MR) is 65.6 cm³/mol. The smallest absolute Gasteiger partial charge is 0.335 e. The minimum absolute atomic E-state index is 0.00556. The molecular formula is C15H12O3. The van der Waals surface area contributed by atoms with Gasteiger partial charge in [0.1, 0.15) is 0 Å². The lowest BCUT2D eigenvalue weighted by Gasteiger charge is -2.32. The van der Waals surface area contributed by atoms with E-state index >= 15 is 0 Å². The van der Waals surface area contributed by atoms with Crippen molar-refractivity contribution in [3.63, 3.8) is 0 Å². The summed E-state index contributed by atoms with van der Waals surface area (Å²) < 4.78 is 5.52. The Kier molecular flexibility index (Phi) is 2.23. The van der Waals surface area contributed by atoms with Crippen LogP contribution in [-0.2, 0) is 19.9 Å². The van der Waals surface area contributed by atoms with E-state index in [-0.39, 0.29) is 18.1 Å². The van der Waals surface area contributed by atoms with Crippen LogP contribution in [0.1, 0.15) is 12.0 Å². The summed E-state index contributed by atoms with van der Waals surface area (Å²) >= 11 is 0. The average molecular weight is 240 g/mol. The Bertz CT molecular complexity index is 571. The van der Waals surface area contributed by atoms with E-state index in [9.17, 15) is 9.59 Å². The van der Waals surface area contributed by atoms with Crippen LogP contribution in [0.15, 0.2) is 54.6 Å². The highest BCUT2D eigenvalue weighted by molar-refractivity contribution is 5.98. The van der Waals surface area contributed by atoms with Gasteiger partial charge in [0.05, 0.1) is 0 Å². The van der Waals surface area contributed by atoms with Gasteiger partial charge in [-0.25, -0.2) is 4.79 Å². The van der Waals surface area contributed by atoms with Crippen molar-refractivity contribution in [1.82, 2.24) is 0 Å². The lowest BCUT2D eigenvalue weighted by molar-refractivity contribution is -0.145. The molecule has 0 spiro atoms. The quantitative estimate of drug-likeness (QED) is 0.558. The van der Waals surface area contributed by atoms with Gasteiger partial charge in [0.2, 0.25) is 0 Å². The van der Waals surface area contributed by atoms with E-state index in [0.717, 1.165) is 5.56 Å². The van der Waals surface area contributed by atoms with Gasteiger partial charge in [-0.05, 0) is 12.2 Å². The number of esters is 1. The summed E-state index contributed by atoms with van der Waals surface area (Å²) in [6.45, 7) is 3.76. The third-order valence-corrected chi connectivity index (χ3v) is 3.61. The highest BCUT2D eigenvalue weighted by Crippen LogP contribution is 2.48. The molecule has 0 radical (unpaired) electrons. The maximum absolute atomic E-state index is 11.8. The molecule has 0 saturated carbocycles. The average Bonchev–Trinajstić information content (AvgIpc) is 2.65. The minimum atomic E-state index is -0.844. The van der Waals surface area contributed by atoms with Crippen LogP contribution in [0, 0.1) is 5.92 Å². The lowest BCUT2D eigenvalue weighted by Crippen LogP contribution is -2.35. The molecule has 18 heavy (non-hydrogen) atoms. The van der Waals surface area contributed by atoms with Crippen molar-refractivity contribution < 1.29 is 14.3 Å². The highest BCUT2D eigenvalue weighted by atomic mass is 16.6. The van der Waals surface area contributed by atoms with Crippen molar-refractivity contribution >= 4 is 11.8 Å². The Morgan fingerprint density at radius 3 is 2.67 bits per heavy atom. The van der Waals surface area contributed by atoms with E-state index in [1.165, 1.54) is 6.08 Å². The summed E-state index contributed by atoms with van der Waals surface area (Å²) in [5.41, 5.74) is 0.422. The fourth-order valence-corrected chi connectivity index (χ4v) is 2.66. The van der Waals surface area contributed by atoms with Crippen molar-refractivity contribution in [3.8, 4) is 0 Å². The monoisotopic (exact) mass is 240 g/mol. The first kappa shape index (κ1) is 11.0. The molecule has 0 amide bonds. The van der Waals surface area contributed by atoms with Gasteiger partial charge in [0.25, 0.3) is 0 Å². The topological polar surface area (TPSA) is 43.4 Å². The second kappa shape index (κ2) is 3.67. The number of hydrogen-bond acceptors (Lipinski definition) is 3. The molecule has 1 aliphatic heterocycles. The molecule has 2 atom stereocenters. The van der Waals surface area contributed by atoms with Crippen LogP contribution >= 0.6 is 0 Å². The third kappa shape index (κ3) is 1.37. The number of rotatable bonds is 1. The van der Waals surface area contributed by atoms with Crippen molar-refractivity contribution in [2.75, 3.05) is 0 Å². The van der Waals surface area contributed by atoms with Crippen molar-refractivity contribution in [1.29, 1.82) is 0 Å². The Hall–Kier alpha value is -2.16. The Balaban J connectivity index is 2.18. The molecule has 1 aromatic rings. The zero-order valence-electron chi connectivity index (χ0n) is 9.76. The van der Waals surface area contributed by atoms with Crippen LogP contribution < -0.4 is 0 Å². The summed E-state index contributed by atoms with van der Waals surface area (Å²) in [5, 5.41) is 0. The number of ketones is 1. The molecule has 0 unspecified atom stereocenters. The van der Waals surface area contributed by atoms with E-state index in [1.54, 1.807) is 6.08 Å². The first-order valence-electron chi connectivity index (χ1n) is 5.83. The van der Waals surface area contributed by atoms with Gasteiger partial charge < -0.3 is 4.74 Å². The number of benzene rings is 1. The first-order valence-corrected chi connectivity index (χ1v) is 5.83. The molecule has 1 saturated heterocycles. The molecule has 1 heterocycles. The van der Waals surface area contributed by atoms with Gasteiger partial charge >= 0.3 is 5.97 Å². The number of fused-ring (bicyclic) bond motifs is 1. The van der Waals surface area contributed by atoms with Crippen LogP contribution in [-0.4, -0.2) is 11.8 Å². The second-order valence-corrected chi connectivity index (χ2v) is 4.63. The van der Waals surface area contributed by atoms with Gasteiger partial charge in [0, 0.05) is 23.5 Å². The number of carbonyl (C=O) groups is 2. The van der Waals surface area contributed by atoms with Gasteiger partial charge in [-0.3, -0.25) is 4.79 Å². The van der Waals surface area contributed by atoms with E-state index in [2.05, 4.69) is 6.58 Å². The van der Waals surface area contributed by atoms with Crippen LogP contribution in [0.3, 0.4) is 0 Å². The number of carbonyl (C=O) groups excluding carboxylic acids is 2. The number of allylic oxidation sites excluding steroid dienone is 1. The van der Waals surface area contributed by atoms with Crippen LogP contribution in [0.4, 0.5) is 0 Å². The summed E-state index contributed by atoms with van der Waals surface area (Å²) in [6, 6.07) is 9.48. The van der Waals surface area contributed by atoms with Gasteiger partial charge in [-0.2, -0.15) is 0 Å². The standard InChI is InChI=1S/C15H12O3/c1-10-13-9-12(16)7-8-15(13,18-14(10)17)11-5-3-2-4-6-11/h2-8,13H,1,9H2/t13-,15+/m0/s1. The molecular weight excluding hydrogens is 228 g/mol. The van der Waals surface area contributed by atoms with Crippen molar-refractivity contribution in [2.45, 2.75) is 12.0 Å². The summed E-state index contributed by atoms with van der Waals surface area (Å²) in [7, 11) is 0. The second-order valence-electron chi connectivity index (χ2n) is 4.63. The van der Waals surface area contributed by atoms with Gasteiger partial charge in [0.15, 0.2) is 11.4 Å². The van der Waals surface area contributed by atoms with E-state index in [0.29, 0.717) is 5.57 Å². The number of hydrogen-bond donors (Lipinski definition) is 0. The Morgan fingerprint density at radius 1 is 1.22 bits per heavy atom. The SMILES string of the molecule is C=C1C(=O)O[C@@]2(c3ccccc3)C=CC(=O)C[C@@H]12. The molecule has 0 aromatic heterocycles. The minimum Gasteiger partial charge on any atom is -0.446 e. The molecule has 1 fully saturated rings. The lowest BCUT2D eigenvalue weighted by atomic mass is 9.74. The Labute approximate surface area is 105 Å². The maximum atomic E-state index is 11.8. The molecule has 3 nitrogen and oxygen atoms in total. The molecule has 1 aromatic carbocycles. The fourth-order valence-electron chi connectivity index (χ4n) is 2.66. The zero-order chi connectivity index (χ0) is 12.8. The summed E-state index contributed by atoms with van der Waals surface area (Å²) in [5.74, 6) is -0.695. The third-order valence-electron chi connectivity index (χ3n) is 3.61. The molecule has 3 heteroatoms. The molecule has 0 bridgehead atoms. The molecule has 2 aliphatic rings. The van der Waals surface area contributed by atoms with Crippen molar-refractivity contribution in [2.24, 2.45) is 5.92 Å². The Morgan fingerprint density at radius 2 is 1.94 bits per heavy atom.